The van der Waals surface area contributed by atoms with Gasteiger partial charge in [-0.2, -0.15) is 0 Å². The zero-order chi connectivity index (χ0) is 15.7. The van der Waals surface area contributed by atoms with E-state index in [0.29, 0.717) is 13.1 Å². The summed E-state index contributed by atoms with van der Waals surface area (Å²) in [6, 6.07) is 9.76. The average molecular weight is 300 g/mol. The van der Waals surface area contributed by atoms with Crippen LogP contribution in [0, 0.1) is 0 Å². The first kappa shape index (κ1) is 14.6. The van der Waals surface area contributed by atoms with Crippen LogP contribution in [-0.2, 0) is 4.74 Å². The summed E-state index contributed by atoms with van der Waals surface area (Å²) < 4.78 is 11.3. The molecule has 0 saturated carbocycles. The van der Waals surface area contributed by atoms with Crippen molar-refractivity contribution in [1.82, 2.24) is 9.88 Å². The van der Waals surface area contributed by atoms with E-state index in [9.17, 15) is 4.79 Å². The summed E-state index contributed by atoms with van der Waals surface area (Å²) in [5.74, 6) is 0.756. The van der Waals surface area contributed by atoms with E-state index in [1.807, 2.05) is 51.1 Å². The van der Waals surface area contributed by atoms with Crippen molar-refractivity contribution in [1.29, 1.82) is 0 Å². The van der Waals surface area contributed by atoms with Crippen LogP contribution >= 0.6 is 0 Å². The molecule has 0 atom stereocenters. The highest BCUT2D eigenvalue weighted by Crippen LogP contribution is 2.26. The number of carbonyl (C=O) groups excluding carboxylic acids is 1. The fraction of sp³-hybridized carbons (Fsp3) is 0.412. The highest BCUT2D eigenvalue weighted by Gasteiger charge is 2.35. The molecule has 1 aromatic heterocycles. The number of pyridine rings is 1. The van der Waals surface area contributed by atoms with Crippen LogP contribution in [0.15, 0.2) is 36.5 Å². The number of para-hydroxylation sites is 1. The molecule has 1 aliphatic heterocycles. The van der Waals surface area contributed by atoms with Crippen molar-refractivity contribution >= 4 is 17.0 Å². The lowest BCUT2D eigenvalue weighted by Crippen LogP contribution is -2.57. The summed E-state index contributed by atoms with van der Waals surface area (Å²) in [5, 5.41) is 1.04. The molecule has 0 N–H and O–H groups in total. The maximum Gasteiger partial charge on any atom is 0.410 e. The van der Waals surface area contributed by atoms with E-state index in [1.54, 1.807) is 11.1 Å². The fourth-order valence-corrected chi connectivity index (χ4v) is 2.34. The Bertz CT molecular complexity index is 682. The van der Waals surface area contributed by atoms with E-state index in [4.69, 9.17) is 9.47 Å². The van der Waals surface area contributed by atoms with Gasteiger partial charge in [0.05, 0.1) is 13.1 Å². The second-order valence-electron chi connectivity index (χ2n) is 6.46. The molecular weight excluding hydrogens is 280 g/mol. The summed E-state index contributed by atoms with van der Waals surface area (Å²) in [4.78, 5) is 17.9. The summed E-state index contributed by atoms with van der Waals surface area (Å²) >= 11 is 0. The number of hydrogen-bond donors (Lipinski definition) is 0. The molecule has 5 nitrogen and oxygen atoms in total. The second kappa shape index (κ2) is 5.48. The molecule has 22 heavy (non-hydrogen) atoms. The Hall–Kier alpha value is -2.30. The van der Waals surface area contributed by atoms with E-state index in [-0.39, 0.29) is 12.2 Å². The molecule has 0 aliphatic carbocycles. The Morgan fingerprint density at radius 2 is 1.95 bits per heavy atom. The first-order valence-electron chi connectivity index (χ1n) is 7.41. The summed E-state index contributed by atoms with van der Waals surface area (Å²) in [7, 11) is 0. The highest BCUT2D eigenvalue weighted by molar-refractivity contribution is 5.84. The number of amides is 1. The normalized spacial score (nSPS) is 15.5. The topological polar surface area (TPSA) is 51.7 Å². The Kier molecular flexibility index (Phi) is 3.64. The molecule has 0 unspecified atom stereocenters. The van der Waals surface area contributed by atoms with E-state index in [1.165, 1.54) is 0 Å². The minimum atomic E-state index is -0.470. The predicted octanol–water partition coefficient (Wildman–Crippen LogP) is 3.23. The Morgan fingerprint density at radius 3 is 2.68 bits per heavy atom. The lowest BCUT2D eigenvalue weighted by Gasteiger charge is -2.39. The van der Waals surface area contributed by atoms with Gasteiger partial charge in [-0.3, -0.25) is 4.98 Å². The number of benzene rings is 1. The maximum absolute atomic E-state index is 11.9. The van der Waals surface area contributed by atoms with Gasteiger partial charge in [0.15, 0.2) is 0 Å². The quantitative estimate of drug-likeness (QED) is 0.854. The van der Waals surface area contributed by atoms with Gasteiger partial charge in [-0.1, -0.05) is 18.2 Å². The predicted molar refractivity (Wildman–Crippen MR) is 84.0 cm³/mol. The molecule has 0 radical (unpaired) electrons. The SMILES string of the molecule is CC(C)(C)OC(=O)N1CC(Oc2cccc3cccnc23)C1. The van der Waals surface area contributed by atoms with Crippen LogP contribution in [0.2, 0.25) is 0 Å². The zero-order valence-electron chi connectivity index (χ0n) is 13.1. The smallest absolute Gasteiger partial charge is 0.410 e. The van der Waals surface area contributed by atoms with Gasteiger partial charge in [-0.15, -0.1) is 0 Å². The molecule has 5 heteroatoms. The van der Waals surface area contributed by atoms with Gasteiger partial charge in [0.1, 0.15) is 23.0 Å². The van der Waals surface area contributed by atoms with Crippen LogP contribution in [0.25, 0.3) is 10.9 Å². The van der Waals surface area contributed by atoms with Crippen molar-refractivity contribution in [3.8, 4) is 5.75 Å². The van der Waals surface area contributed by atoms with Crippen LogP contribution in [0.3, 0.4) is 0 Å². The number of aromatic nitrogens is 1. The standard InChI is InChI=1S/C17H20N2O3/c1-17(2,3)22-16(20)19-10-13(11-19)21-14-8-4-6-12-7-5-9-18-15(12)14/h4-9,13H,10-11H2,1-3H3. The number of likely N-dealkylation sites (tertiary alicyclic amines) is 1. The van der Waals surface area contributed by atoms with Crippen LogP contribution in [0.1, 0.15) is 20.8 Å². The minimum absolute atomic E-state index is 0.0138. The lowest BCUT2D eigenvalue weighted by atomic mass is 10.1. The molecule has 3 rings (SSSR count). The van der Waals surface area contributed by atoms with Gasteiger partial charge in [0, 0.05) is 11.6 Å². The first-order valence-corrected chi connectivity index (χ1v) is 7.41. The average Bonchev–Trinajstić information content (AvgIpc) is 2.40. The lowest BCUT2D eigenvalue weighted by molar-refractivity contribution is -0.0218. The molecule has 1 saturated heterocycles. The van der Waals surface area contributed by atoms with Gasteiger partial charge >= 0.3 is 6.09 Å². The van der Waals surface area contributed by atoms with Crippen LogP contribution in [0.4, 0.5) is 4.79 Å². The molecule has 1 fully saturated rings. The van der Waals surface area contributed by atoms with Crippen molar-refractivity contribution in [3.05, 3.63) is 36.5 Å². The maximum atomic E-state index is 11.9. The van der Waals surface area contributed by atoms with Crippen LogP contribution < -0.4 is 4.74 Å². The Morgan fingerprint density at radius 1 is 1.23 bits per heavy atom. The van der Waals surface area contributed by atoms with Crippen molar-refractivity contribution in [3.63, 3.8) is 0 Å². The first-order chi connectivity index (χ1) is 10.4. The van der Waals surface area contributed by atoms with Crippen molar-refractivity contribution in [2.75, 3.05) is 13.1 Å². The molecule has 0 spiro atoms. The Balaban J connectivity index is 1.61. The second-order valence-corrected chi connectivity index (χ2v) is 6.46. The largest absolute Gasteiger partial charge is 0.484 e. The molecule has 2 heterocycles. The number of hydrogen-bond acceptors (Lipinski definition) is 4. The third kappa shape index (κ3) is 3.13. The third-order valence-electron chi connectivity index (χ3n) is 3.39. The Labute approximate surface area is 129 Å². The molecule has 1 aromatic carbocycles. The monoisotopic (exact) mass is 300 g/mol. The van der Waals surface area contributed by atoms with Crippen molar-refractivity contribution < 1.29 is 14.3 Å². The summed E-state index contributed by atoms with van der Waals surface area (Å²) in [5.41, 5.74) is 0.378. The van der Waals surface area contributed by atoms with E-state index in [2.05, 4.69) is 4.98 Å². The molecular formula is C17H20N2O3. The minimum Gasteiger partial charge on any atom is -0.484 e. The van der Waals surface area contributed by atoms with Gasteiger partial charge in [-0.25, -0.2) is 4.79 Å². The molecule has 2 aromatic rings. The summed E-state index contributed by atoms with van der Waals surface area (Å²) in [6.45, 7) is 6.66. The summed E-state index contributed by atoms with van der Waals surface area (Å²) in [6.07, 6.45) is 1.45. The number of ether oxygens (including phenoxy) is 2. The number of carbonyl (C=O) groups is 1. The van der Waals surface area contributed by atoms with Gasteiger partial charge in [0.25, 0.3) is 0 Å². The van der Waals surface area contributed by atoms with Crippen LogP contribution in [0.5, 0.6) is 5.75 Å². The third-order valence-corrected chi connectivity index (χ3v) is 3.39. The van der Waals surface area contributed by atoms with Crippen LogP contribution in [-0.4, -0.2) is 40.8 Å². The van der Waals surface area contributed by atoms with Gasteiger partial charge in [0.2, 0.25) is 0 Å². The number of rotatable bonds is 2. The zero-order valence-corrected chi connectivity index (χ0v) is 13.1. The molecule has 1 aliphatic rings. The van der Waals surface area contributed by atoms with Crippen molar-refractivity contribution in [2.45, 2.75) is 32.5 Å². The molecule has 116 valence electrons. The van der Waals surface area contributed by atoms with E-state index in [0.717, 1.165) is 16.7 Å². The molecule has 1 amide bonds. The fourth-order valence-electron chi connectivity index (χ4n) is 2.34. The van der Waals surface area contributed by atoms with E-state index < -0.39 is 5.60 Å². The molecule has 0 bridgehead atoms. The number of fused-ring (bicyclic) bond motifs is 1. The van der Waals surface area contributed by atoms with Crippen molar-refractivity contribution in [2.24, 2.45) is 0 Å². The van der Waals surface area contributed by atoms with E-state index >= 15 is 0 Å². The number of nitrogens with zero attached hydrogens (tertiary/aromatic N) is 2. The van der Waals surface area contributed by atoms with Gasteiger partial charge in [-0.05, 0) is 32.9 Å². The van der Waals surface area contributed by atoms with Gasteiger partial charge < -0.3 is 14.4 Å². The highest BCUT2D eigenvalue weighted by atomic mass is 16.6.